The highest BCUT2D eigenvalue weighted by molar-refractivity contribution is 7.88. The van der Waals surface area contributed by atoms with Gasteiger partial charge in [-0.3, -0.25) is 4.79 Å². The van der Waals surface area contributed by atoms with Crippen molar-refractivity contribution >= 4 is 39.2 Å². The Kier molecular flexibility index (Phi) is 6.79. The molecule has 0 aromatic heterocycles. The predicted octanol–water partition coefficient (Wildman–Crippen LogP) is 4.89. The normalized spacial score (nSPS) is 25.6. The van der Waals surface area contributed by atoms with Crippen molar-refractivity contribution < 1.29 is 35.0 Å². The predicted molar refractivity (Wildman–Crippen MR) is 103 cm³/mol. The molecule has 1 heterocycles. The van der Waals surface area contributed by atoms with Gasteiger partial charge in [0.05, 0.1) is 6.04 Å². The summed E-state index contributed by atoms with van der Waals surface area (Å²) in [6.45, 7) is 0.412. The van der Waals surface area contributed by atoms with Gasteiger partial charge in [-0.1, -0.05) is 36.0 Å². The molecule has 1 saturated carbocycles. The third kappa shape index (κ3) is 4.80. The molecule has 1 aromatic rings. The highest BCUT2D eigenvalue weighted by atomic mass is 35.5. The Hall–Kier alpha value is -1.26. The van der Waals surface area contributed by atoms with Gasteiger partial charge in [0.25, 0.3) is 0 Å². The van der Waals surface area contributed by atoms with Crippen LogP contribution >= 0.6 is 23.2 Å². The zero-order chi connectivity index (χ0) is 22.3. The van der Waals surface area contributed by atoms with Gasteiger partial charge in [-0.05, 0) is 31.2 Å². The van der Waals surface area contributed by atoms with E-state index in [0.717, 1.165) is 25.0 Å². The molecule has 2 aliphatic rings. The topological polar surface area (TPSA) is 63.7 Å². The number of amides is 1. The number of carbonyl (C=O) groups is 1. The average molecular weight is 492 g/mol. The highest BCUT2D eigenvalue weighted by Crippen LogP contribution is 2.37. The molecule has 0 spiro atoms. The molecule has 168 valence electrons. The summed E-state index contributed by atoms with van der Waals surface area (Å²) in [4.78, 5) is 14.3. The molecule has 0 N–H and O–H groups in total. The number of hydrogen-bond donors (Lipinski definition) is 0. The van der Waals surface area contributed by atoms with E-state index in [9.17, 15) is 30.8 Å². The van der Waals surface area contributed by atoms with Crippen LogP contribution in [0.3, 0.4) is 0 Å². The fourth-order valence-electron chi connectivity index (χ4n) is 3.94. The van der Waals surface area contributed by atoms with Gasteiger partial charge in [0.1, 0.15) is 11.9 Å². The van der Waals surface area contributed by atoms with E-state index >= 15 is 0 Å². The van der Waals surface area contributed by atoms with E-state index in [-0.39, 0.29) is 27.9 Å². The molecule has 1 aliphatic heterocycles. The zero-order valence-corrected chi connectivity index (χ0v) is 17.9. The average Bonchev–Trinajstić information content (AvgIpc) is 2.98. The number of likely N-dealkylation sites (tertiary alicyclic amines) is 1. The van der Waals surface area contributed by atoms with Crippen LogP contribution in [0.4, 0.5) is 17.6 Å². The molecule has 2 fully saturated rings. The third-order valence-corrected chi connectivity index (χ3v) is 7.11. The fourth-order valence-corrected chi connectivity index (χ4v) is 5.01. The summed E-state index contributed by atoms with van der Waals surface area (Å²) in [7, 11) is -5.87. The first-order valence-corrected chi connectivity index (χ1v) is 11.5. The second-order valence-electron chi connectivity index (χ2n) is 7.44. The van der Waals surface area contributed by atoms with Crippen LogP contribution in [0.5, 0.6) is 5.75 Å². The number of alkyl halides is 4. The van der Waals surface area contributed by atoms with E-state index in [4.69, 9.17) is 23.2 Å². The standard InChI is InChI=1S/C18H19Cl2F4NO4S/c19-13-8-11(29-30(27,28)18(22,23)24)9-14(20)12(13)7-10-5-6-25(17(10)26)16-4-2-1-3-15(16)21/h8-10,15-16H,1-7H2/t10?,15-,16+/m1/s1. The second-order valence-corrected chi connectivity index (χ2v) is 9.79. The Balaban J connectivity index is 1.74. The largest absolute Gasteiger partial charge is 0.534 e. The Morgan fingerprint density at radius 3 is 2.27 bits per heavy atom. The van der Waals surface area contributed by atoms with Gasteiger partial charge < -0.3 is 9.08 Å². The fraction of sp³-hybridized carbons (Fsp3) is 0.611. The molecule has 3 atom stereocenters. The number of hydrogen-bond acceptors (Lipinski definition) is 4. The molecule has 1 aliphatic carbocycles. The first-order chi connectivity index (χ1) is 13.9. The van der Waals surface area contributed by atoms with Crippen molar-refractivity contribution in [2.75, 3.05) is 6.54 Å². The lowest BCUT2D eigenvalue weighted by Crippen LogP contribution is -2.45. The van der Waals surface area contributed by atoms with Crippen LogP contribution in [-0.4, -0.2) is 43.5 Å². The molecule has 3 rings (SSSR count). The molecule has 1 amide bonds. The third-order valence-electron chi connectivity index (χ3n) is 5.45. The summed E-state index contributed by atoms with van der Waals surface area (Å²) in [6, 6.07) is 1.37. The van der Waals surface area contributed by atoms with E-state index in [1.165, 1.54) is 0 Å². The molecule has 0 bridgehead atoms. The molecule has 0 radical (unpaired) electrons. The lowest BCUT2D eigenvalue weighted by molar-refractivity contribution is -0.134. The highest BCUT2D eigenvalue weighted by Gasteiger charge is 2.48. The van der Waals surface area contributed by atoms with Crippen LogP contribution in [-0.2, 0) is 21.3 Å². The van der Waals surface area contributed by atoms with Crippen molar-refractivity contribution in [2.45, 2.75) is 56.2 Å². The van der Waals surface area contributed by atoms with E-state index in [0.29, 0.717) is 25.8 Å². The van der Waals surface area contributed by atoms with Crippen molar-refractivity contribution in [3.05, 3.63) is 27.7 Å². The van der Waals surface area contributed by atoms with E-state index in [2.05, 4.69) is 4.18 Å². The van der Waals surface area contributed by atoms with Crippen LogP contribution in [0.1, 0.15) is 37.7 Å². The lowest BCUT2D eigenvalue weighted by Gasteiger charge is -2.34. The Bertz CT molecular complexity index is 902. The van der Waals surface area contributed by atoms with Gasteiger partial charge in [-0.25, -0.2) is 4.39 Å². The molecule has 12 heteroatoms. The summed E-state index contributed by atoms with van der Waals surface area (Å²) in [5, 5.41) is -0.246. The Morgan fingerprint density at radius 1 is 1.10 bits per heavy atom. The van der Waals surface area contributed by atoms with Crippen LogP contribution in [0.25, 0.3) is 0 Å². The lowest BCUT2D eigenvalue weighted by atomic mass is 9.92. The number of nitrogens with zero attached hydrogens (tertiary/aromatic N) is 1. The molecule has 1 saturated heterocycles. The first kappa shape index (κ1) is 23.4. The Morgan fingerprint density at radius 2 is 1.70 bits per heavy atom. The van der Waals surface area contributed by atoms with Gasteiger partial charge >= 0.3 is 15.6 Å². The monoisotopic (exact) mass is 491 g/mol. The number of carbonyl (C=O) groups excluding carboxylic acids is 1. The van der Waals surface area contributed by atoms with E-state index < -0.39 is 39.5 Å². The van der Waals surface area contributed by atoms with Crippen LogP contribution in [0.2, 0.25) is 10.0 Å². The number of benzene rings is 1. The van der Waals surface area contributed by atoms with Gasteiger partial charge in [-0.15, -0.1) is 0 Å². The minimum absolute atomic E-state index is 0.100. The minimum atomic E-state index is -5.87. The minimum Gasteiger partial charge on any atom is -0.376 e. The maximum Gasteiger partial charge on any atom is 0.534 e. The summed E-state index contributed by atoms with van der Waals surface area (Å²) in [5.74, 6) is -1.40. The van der Waals surface area contributed by atoms with Crippen molar-refractivity contribution in [2.24, 2.45) is 5.92 Å². The molecular weight excluding hydrogens is 473 g/mol. The molecular formula is C18H19Cl2F4NO4S. The van der Waals surface area contributed by atoms with Crippen LogP contribution in [0, 0.1) is 5.92 Å². The summed E-state index contributed by atoms with van der Waals surface area (Å²) in [5.41, 5.74) is -5.31. The van der Waals surface area contributed by atoms with E-state index in [1.807, 2.05) is 0 Å². The first-order valence-electron chi connectivity index (χ1n) is 9.34. The Labute approximate surface area is 181 Å². The van der Waals surface area contributed by atoms with Crippen molar-refractivity contribution in [1.29, 1.82) is 0 Å². The molecule has 1 aromatic carbocycles. The van der Waals surface area contributed by atoms with E-state index in [1.54, 1.807) is 4.90 Å². The second kappa shape index (κ2) is 8.70. The zero-order valence-electron chi connectivity index (χ0n) is 15.6. The number of rotatable bonds is 5. The van der Waals surface area contributed by atoms with Crippen LogP contribution < -0.4 is 4.18 Å². The molecule has 1 unspecified atom stereocenters. The van der Waals surface area contributed by atoms with Crippen molar-refractivity contribution in [3.8, 4) is 5.75 Å². The van der Waals surface area contributed by atoms with Crippen LogP contribution in [0.15, 0.2) is 12.1 Å². The quantitative estimate of drug-likeness (QED) is 0.334. The summed E-state index contributed by atoms with van der Waals surface area (Å²) in [6.07, 6.45) is 2.21. The summed E-state index contributed by atoms with van der Waals surface area (Å²) >= 11 is 12.2. The molecule has 30 heavy (non-hydrogen) atoms. The van der Waals surface area contributed by atoms with Crippen molar-refractivity contribution in [1.82, 2.24) is 4.90 Å². The van der Waals surface area contributed by atoms with Gasteiger partial charge in [0.15, 0.2) is 0 Å². The SMILES string of the molecule is O=C1C(Cc2c(Cl)cc(OS(=O)(=O)C(F)(F)F)cc2Cl)CCN1[C@H]1CCCC[C@H]1F. The maximum absolute atomic E-state index is 14.2. The number of halogens is 6. The van der Waals surface area contributed by atoms with Gasteiger partial charge in [-0.2, -0.15) is 21.6 Å². The molecule has 5 nitrogen and oxygen atoms in total. The van der Waals surface area contributed by atoms with Gasteiger partial charge in [0.2, 0.25) is 5.91 Å². The van der Waals surface area contributed by atoms with Crippen molar-refractivity contribution in [3.63, 3.8) is 0 Å². The maximum atomic E-state index is 14.2. The summed E-state index contributed by atoms with van der Waals surface area (Å²) < 4.78 is 78.0. The smallest absolute Gasteiger partial charge is 0.376 e. The van der Waals surface area contributed by atoms with Gasteiger partial charge in [0, 0.05) is 34.6 Å².